The van der Waals surface area contributed by atoms with Crippen LogP contribution in [-0.4, -0.2) is 19.3 Å². The molecular formula is C9H13N5. The minimum atomic E-state index is 0.661. The van der Waals surface area contributed by atoms with E-state index in [1.165, 1.54) is 0 Å². The summed E-state index contributed by atoms with van der Waals surface area (Å²) < 4.78 is 3.78. The van der Waals surface area contributed by atoms with E-state index in [0.717, 1.165) is 18.1 Å². The van der Waals surface area contributed by atoms with Gasteiger partial charge in [-0.05, 0) is 6.92 Å². The Morgan fingerprint density at radius 1 is 1.50 bits per heavy atom. The molecule has 2 N–H and O–H groups in total. The van der Waals surface area contributed by atoms with Gasteiger partial charge in [0.05, 0.1) is 11.9 Å². The first-order valence-electron chi connectivity index (χ1n) is 4.53. The van der Waals surface area contributed by atoms with Crippen LogP contribution in [0.3, 0.4) is 0 Å². The molecule has 2 rings (SSSR count). The molecule has 0 aliphatic rings. The molecule has 0 saturated carbocycles. The van der Waals surface area contributed by atoms with Gasteiger partial charge in [-0.3, -0.25) is 4.68 Å². The molecule has 0 aliphatic heterocycles. The molecule has 74 valence electrons. The number of aryl methyl sites for hydroxylation is 2. The second-order valence-electron chi connectivity index (χ2n) is 3.11. The van der Waals surface area contributed by atoms with Gasteiger partial charge in [0.15, 0.2) is 5.82 Å². The van der Waals surface area contributed by atoms with Gasteiger partial charge in [-0.25, -0.2) is 4.98 Å². The number of anilines is 1. The smallest absolute Gasteiger partial charge is 0.160 e. The maximum absolute atomic E-state index is 5.82. The highest BCUT2D eigenvalue weighted by Gasteiger charge is 2.12. The molecule has 2 heterocycles. The third-order valence-electron chi connectivity index (χ3n) is 2.24. The predicted molar refractivity (Wildman–Crippen MR) is 54.5 cm³/mol. The van der Waals surface area contributed by atoms with Crippen LogP contribution in [-0.2, 0) is 13.6 Å². The maximum atomic E-state index is 5.82. The van der Waals surface area contributed by atoms with Crippen LogP contribution in [0.2, 0.25) is 0 Å². The molecule has 0 fully saturated rings. The molecule has 0 unspecified atom stereocenters. The van der Waals surface area contributed by atoms with E-state index in [1.54, 1.807) is 17.1 Å². The number of rotatable bonds is 2. The lowest BCUT2D eigenvalue weighted by molar-refractivity contribution is 0.733. The van der Waals surface area contributed by atoms with Crippen molar-refractivity contribution < 1.29 is 0 Å². The van der Waals surface area contributed by atoms with Crippen LogP contribution < -0.4 is 5.73 Å². The number of nitrogens with two attached hydrogens (primary N) is 1. The molecule has 0 aliphatic carbocycles. The first-order chi connectivity index (χ1) is 6.74. The van der Waals surface area contributed by atoms with E-state index >= 15 is 0 Å². The van der Waals surface area contributed by atoms with Crippen LogP contribution in [0.25, 0.3) is 11.5 Å². The van der Waals surface area contributed by atoms with Gasteiger partial charge in [0.1, 0.15) is 5.69 Å². The highest BCUT2D eigenvalue weighted by atomic mass is 15.3. The minimum Gasteiger partial charge on any atom is -0.396 e. The summed E-state index contributed by atoms with van der Waals surface area (Å²) in [5.41, 5.74) is 7.35. The summed E-state index contributed by atoms with van der Waals surface area (Å²) >= 11 is 0. The van der Waals surface area contributed by atoms with Crippen molar-refractivity contribution in [2.24, 2.45) is 7.05 Å². The normalized spacial score (nSPS) is 10.7. The monoisotopic (exact) mass is 191 g/mol. The van der Waals surface area contributed by atoms with E-state index in [9.17, 15) is 0 Å². The number of hydrogen-bond donors (Lipinski definition) is 1. The molecule has 5 heteroatoms. The molecule has 2 aromatic rings. The van der Waals surface area contributed by atoms with E-state index in [-0.39, 0.29) is 0 Å². The lowest BCUT2D eigenvalue weighted by Gasteiger charge is -2.05. The van der Waals surface area contributed by atoms with Gasteiger partial charge < -0.3 is 10.3 Å². The third kappa shape index (κ3) is 1.17. The van der Waals surface area contributed by atoms with Gasteiger partial charge in [-0.2, -0.15) is 5.10 Å². The van der Waals surface area contributed by atoms with Gasteiger partial charge in [-0.1, -0.05) is 0 Å². The highest BCUT2D eigenvalue weighted by Crippen LogP contribution is 2.22. The zero-order valence-electron chi connectivity index (χ0n) is 8.31. The summed E-state index contributed by atoms with van der Waals surface area (Å²) in [6.45, 7) is 2.94. The minimum absolute atomic E-state index is 0.661. The van der Waals surface area contributed by atoms with Gasteiger partial charge in [0.2, 0.25) is 0 Å². The van der Waals surface area contributed by atoms with E-state index in [1.807, 2.05) is 17.8 Å². The fourth-order valence-electron chi connectivity index (χ4n) is 1.51. The Morgan fingerprint density at radius 2 is 2.29 bits per heavy atom. The molecule has 0 saturated heterocycles. The van der Waals surface area contributed by atoms with Crippen molar-refractivity contribution in [2.45, 2.75) is 13.5 Å². The molecule has 0 amide bonds. The van der Waals surface area contributed by atoms with Gasteiger partial charge in [-0.15, -0.1) is 0 Å². The van der Waals surface area contributed by atoms with Crippen LogP contribution >= 0.6 is 0 Å². The molecule has 0 bridgehead atoms. The Kier molecular flexibility index (Phi) is 1.99. The average Bonchev–Trinajstić information content (AvgIpc) is 2.73. The molecule has 2 aromatic heterocycles. The van der Waals surface area contributed by atoms with Crippen molar-refractivity contribution in [3.8, 4) is 11.5 Å². The zero-order chi connectivity index (χ0) is 10.1. The molecule has 0 radical (unpaired) electrons. The Morgan fingerprint density at radius 3 is 2.86 bits per heavy atom. The first kappa shape index (κ1) is 8.80. The summed E-state index contributed by atoms with van der Waals surface area (Å²) in [6.07, 6.45) is 5.34. The standard InChI is InChI=1S/C9H13N5/c1-3-14-5-4-11-9(14)8-7(10)6-12-13(8)2/h4-6H,3,10H2,1-2H3. The lowest BCUT2D eigenvalue weighted by atomic mass is 10.3. The zero-order valence-corrected chi connectivity index (χ0v) is 8.31. The van der Waals surface area contributed by atoms with Crippen LogP contribution in [0, 0.1) is 0 Å². The van der Waals surface area contributed by atoms with E-state index < -0.39 is 0 Å². The second-order valence-corrected chi connectivity index (χ2v) is 3.11. The van der Waals surface area contributed by atoms with Gasteiger partial charge >= 0.3 is 0 Å². The second kappa shape index (κ2) is 3.17. The largest absolute Gasteiger partial charge is 0.396 e. The van der Waals surface area contributed by atoms with Crippen molar-refractivity contribution in [1.82, 2.24) is 19.3 Å². The number of imidazole rings is 1. The fourth-order valence-corrected chi connectivity index (χ4v) is 1.51. The molecule has 0 aromatic carbocycles. The molecule has 0 spiro atoms. The van der Waals surface area contributed by atoms with E-state index in [0.29, 0.717) is 5.69 Å². The van der Waals surface area contributed by atoms with Crippen molar-refractivity contribution in [1.29, 1.82) is 0 Å². The van der Waals surface area contributed by atoms with Crippen molar-refractivity contribution >= 4 is 5.69 Å². The van der Waals surface area contributed by atoms with Crippen LogP contribution in [0.4, 0.5) is 5.69 Å². The summed E-state index contributed by atoms with van der Waals surface area (Å²) in [5, 5.41) is 4.09. The maximum Gasteiger partial charge on any atom is 0.160 e. The Bertz CT molecular complexity index is 420. The molecule has 5 nitrogen and oxygen atoms in total. The topological polar surface area (TPSA) is 61.7 Å². The highest BCUT2D eigenvalue weighted by molar-refractivity contribution is 5.67. The quantitative estimate of drug-likeness (QED) is 0.766. The number of hydrogen-bond acceptors (Lipinski definition) is 3. The van der Waals surface area contributed by atoms with Crippen LogP contribution in [0.1, 0.15) is 6.92 Å². The average molecular weight is 191 g/mol. The van der Waals surface area contributed by atoms with E-state index in [2.05, 4.69) is 17.0 Å². The molecular weight excluding hydrogens is 178 g/mol. The Labute approximate surface area is 82.2 Å². The Balaban J connectivity index is 2.59. The SMILES string of the molecule is CCn1ccnc1-c1c(N)cnn1C. The Hall–Kier alpha value is -1.78. The van der Waals surface area contributed by atoms with Crippen molar-refractivity contribution in [3.63, 3.8) is 0 Å². The summed E-state index contributed by atoms with van der Waals surface area (Å²) in [5.74, 6) is 0.866. The third-order valence-corrected chi connectivity index (χ3v) is 2.24. The fraction of sp³-hybridized carbons (Fsp3) is 0.333. The number of nitrogen functional groups attached to an aromatic ring is 1. The summed E-state index contributed by atoms with van der Waals surface area (Å²) in [4.78, 5) is 4.27. The predicted octanol–water partition coefficient (Wildman–Crippen LogP) is 0.886. The summed E-state index contributed by atoms with van der Waals surface area (Å²) in [7, 11) is 1.86. The molecule has 0 atom stereocenters. The van der Waals surface area contributed by atoms with Crippen molar-refractivity contribution in [2.75, 3.05) is 5.73 Å². The van der Waals surface area contributed by atoms with Gasteiger partial charge in [0, 0.05) is 26.0 Å². The van der Waals surface area contributed by atoms with Crippen LogP contribution in [0.15, 0.2) is 18.6 Å². The van der Waals surface area contributed by atoms with Crippen LogP contribution in [0.5, 0.6) is 0 Å². The van der Waals surface area contributed by atoms with E-state index in [4.69, 9.17) is 5.73 Å². The summed E-state index contributed by atoms with van der Waals surface area (Å²) in [6, 6.07) is 0. The molecule has 14 heavy (non-hydrogen) atoms. The lowest BCUT2D eigenvalue weighted by Crippen LogP contribution is -2.03. The first-order valence-corrected chi connectivity index (χ1v) is 4.53. The van der Waals surface area contributed by atoms with Crippen molar-refractivity contribution in [3.05, 3.63) is 18.6 Å². The number of nitrogens with zero attached hydrogens (tertiary/aromatic N) is 4. The van der Waals surface area contributed by atoms with Gasteiger partial charge in [0.25, 0.3) is 0 Å². The number of aromatic nitrogens is 4.